The number of alkyl halides is 1. The molecule has 0 amide bonds. The molecule has 0 spiro atoms. The highest BCUT2D eigenvalue weighted by Gasteiger charge is 2.66. The summed E-state index contributed by atoms with van der Waals surface area (Å²) in [4.78, 5) is 0. The van der Waals surface area contributed by atoms with Crippen LogP contribution in [0.25, 0.3) is 0 Å². The summed E-state index contributed by atoms with van der Waals surface area (Å²) in [5, 5.41) is 0.0811. The lowest BCUT2D eigenvalue weighted by atomic mass is 9.96. The molecule has 4 rings (SSSR count). The van der Waals surface area contributed by atoms with Crippen LogP contribution in [0.2, 0.25) is 0 Å². The molecule has 3 saturated carbocycles. The fraction of sp³-hybridized carbons (Fsp3) is 0.647. The molecule has 4 heteroatoms. The van der Waals surface area contributed by atoms with Gasteiger partial charge in [-0.05, 0) is 66.5 Å². The third kappa shape index (κ3) is 2.03. The van der Waals surface area contributed by atoms with E-state index in [2.05, 4.69) is 15.9 Å². The molecule has 5 atom stereocenters. The Labute approximate surface area is 139 Å². The second-order valence-electron chi connectivity index (χ2n) is 6.70. The number of hydrogen-bond donors (Lipinski definition) is 0. The minimum atomic E-state index is 0.0811. The van der Waals surface area contributed by atoms with Gasteiger partial charge in [0.25, 0.3) is 0 Å². The van der Waals surface area contributed by atoms with Crippen molar-refractivity contribution in [3.8, 4) is 11.5 Å². The van der Waals surface area contributed by atoms with E-state index in [9.17, 15) is 0 Å². The zero-order chi connectivity index (χ0) is 14.7. The number of benzene rings is 1. The Hall–Kier alpha value is -0.410. The Morgan fingerprint density at radius 2 is 1.67 bits per heavy atom. The Balaban J connectivity index is 1.62. The van der Waals surface area contributed by atoms with Crippen molar-refractivity contribution in [1.29, 1.82) is 0 Å². The molecule has 0 saturated heterocycles. The van der Waals surface area contributed by atoms with Crippen LogP contribution < -0.4 is 9.47 Å². The Morgan fingerprint density at radius 3 is 2.24 bits per heavy atom. The summed E-state index contributed by atoms with van der Waals surface area (Å²) in [5.74, 6) is 5.82. The zero-order valence-electron chi connectivity index (χ0n) is 12.3. The minimum absolute atomic E-state index is 0.0811. The Morgan fingerprint density at radius 1 is 1.10 bits per heavy atom. The first-order chi connectivity index (χ1) is 10.2. The maximum Gasteiger partial charge on any atom is 0.161 e. The fourth-order valence-corrected chi connectivity index (χ4v) is 6.29. The van der Waals surface area contributed by atoms with Crippen LogP contribution in [0.3, 0.4) is 0 Å². The van der Waals surface area contributed by atoms with Gasteiger partial charge in [0.2, 0.25) is 0 Å². The Kier molecular flexibility index (Phi) is 3.42. The first-order valence-electron chi connectivity index (χ1n) is 7.71. The molecule has 0 aliphatic heterocycles. The largest absolute Gasteiger partial charge is 0.493 e. The van der Waals surface area contributed by atoms with Crippen molar-refractivity contribution in [1.82, 2.24) is 0 Å². The molecule has 0 radical (unpaired) electrons. The summed E-state index contributed by atoms with van der Waals surface area (Å²) in [6.07, 6.45) is 4.32. The van der Waals surface area contributed by atoms with Gasteiger partial charge in [0.05, 0.1) is 19.6 Å². The van der Waals surface area contributed by atoms with Gasteiger partial charge in [-0.3, -0.25) is 0 Å². The highest BCUT2D eigenvalue weighted by atomic mass is 79.9. The van der Waals surface area contributed by atoms with Gasteiger partial charge in [0.15, 0.2) is 11.5 Å². The van der Waals surface area contributed by atoms with E-state index >= 15 is 0 Å². The number of fused-ring (bicyclic) bond motifs is 5. The Bertz CT molecular complexity index is 560. The van der Waals surface area contributed by atoms with E-state index in [-0.39, 0.29) is 5.38 Å². The predicted octanol–water partition coefficient (Wildman–Crippen LogP) is 5.04. The molecule has 0 aromatic heterocycles. The van der Waals surface area contributed by atoms with Gasteiger partial charge in [-0.1, -0.05) is 15.9 Å². The van der Waals surface area contributed by atoms with Crippen LogP contribution in [0.5, 0.6) is 11.5 Å². The van der Waals surface area contributed by atoms with Crippen molar-refractivity contribution in [3.63, 3.8) is 0 Å². The van der Waals surface area contributed by atoms with Crippen LogP contribution in [0.15, 0.2) is 16.6 Å². The SMILES string of the molecule is COc1cc(Br)c(C(Cl)C2C3C4CCC(C4)C32)cc1OC. The topological polar surface area (TPSA) is 18.5 Å². The van der Waals surface area contributed by atoms with Crippen LogP contribution in [0.1, 0.15) is 30.2 Å². The molecular formula is C17H20BrClO2. The molecule has 114 valence electrons. The van der Waals surface area contributed by atoms with Crippen LogP contribution in [-0.2, 0) is 0 Å². The fourth-order valence-electron chi connectivity index (χ4n) is 5.07. The van der Waals surface area contributed by atoms with E-state index in [4.69, 9.17) is 21.1 Å². The van der Waals surface area contributed by atoms with E-state index in [1.165, 1.54) is 19.3 Å². The average molecular weight is 372 g/mol. The molecule has 5 unspecified atom stereocenters. The van der Waals surface area contributed by atoms with Crippen molar-refractivity contribution >= 4 is 27.5 Å². The smallest absolute Gasteiger partial charge is 0.161 e. The molecule has 0 N–H and O–H groups in total. The van der Waals surface area contributed by atoms with Crippen LogP contribution in [-0.4, -0.2) is 14.2 Å². The summed E-state index contributed by atoms with van der Waals surface area (Å²) in [6, 6.07) is 4.01. The lowest BCUT2D eigenvalue weighted by Gasteiger charge is -2.18. The van der Waals surface area contributed by atoms with E-state index < -0.39 is 0 Å². The van der Waals surface area contributed by atoms with Gasteiger partial charge >= 0.3 is 0 Å². The summed E-state index contributed by atoms with van der Waals surface area (Å²) >= 11 is 10.5. The van der Waals surface area contributed by atoms with Gasteiger partial charge in [0, 0.05) is 4.47 Å². The highest BCUT2D eigenvalue weighted by molar-refractivity contribution is 9.10. The van der Waals surface area contributed by atoms with Gasteiger partial charge < -0.3 is 9.47 Å². The number of hydrogen-bond acceptors (Lipinski definition) is 2. The summed E-state index contributed by atoms with van der Waals surface area (Å²) in [7, 11) is 3.33. The quantitative estimate of drug-likeness (QED) is 0.690. The second-order valence-corrected chi connectivity index (χ2v) is 8.02. The van der Waals surface area contributed by atoms with E-state index in [1.807, 2.05) is 12.1 Å². The maximum atomic E-state index is 6.87. The standard InChI is InChI=1S/C17H20BrClO2/c1-20-12-6-10(11(18)7-13(12)21-2)17(19)16-14-8-3-4-9(5-8)15(14)16/h6-9,14-17H,3-5H2,1-2H3. The molecule has 3 aliphatic rings. The number of methoxy groups -OCH3 is 2. The summed E-state index contributed by atoms with van der Waals surface area (Å²) < 4.78 is 11.8. The zero-order valence-corrected chi connectivity index (χ0v) is 14.7. The number of ether oxygens (including phenoxy) is 2. The molecule has 21 heavy (non-hydrogen) atoms. The first-order valence-corrected chi connectivity index (χ1v) is 8.94. The minimum Gasteiger partial charge on any atom is -0.493 e. The third-order valence-corrected chi connectivity index (χ3v) is 7.15. The molecular weight excluding hydrogens is 352 g/mol. The summed E-state index contributed by atoms with van der Waals surface area (Å²) in [5.41, 5.74) is 1.15. The van der Waals surface area contributed by atoms with E-state index in [0.29, 0.717) is 5.92 Å². The maximum absolute atomic E-state index is 6.87. The van der Waals surface area contributed by atoms with Gasteiger partial charge in [-0.2, -0.15) is 0 Å². The monoisotopic (exact) mass is 370 g/mol. The van der Waals surface area contributed by atoms with Gasteiger partial charge in [-0.25, -0.2) is 0 Å². The highest BCUT2D eigenvalue weighted by Crippen LogP contribution is 2.73. The van der Waals surface area contributed by atoms with Crippen molar-refractivity contribution in [2.75, 3.05) is 14.2 Å². The van der Waals surface area contributed by atoms with Crippen molar-refractivity contribution in [2.45, 2.75) is 24.6 Å². The van der Waals surface area contributed by atoms with E-state index in [1.54, 1.807) is 14.2 Å². The molecule has 1 aromatic rings. The molecule has 2 bridgehead atoms. The predicted molar refractivity (Wildman–Crippen MR) is 87.1 cm³/mol. The van der Waals surface area contributed by atoms with Crippen LogP contribution in [0.4, 0.5) is 0 Å². The molecule has 3 fully saturated rings. The van der Waals surface area contributed by atoms with Crippen LogP contribution >= 0.6 is 27.5 Å². The lowest BCUT2D eigenvalue weighted by Crippen LogP contribution is -2.05. The van der Waals surface area contributed by atoms with Crippen molar-refractivity contribution in [2.24, 2.45) is 29.6 Å². The van der Waals surface area contributed by atoms with Gasteiger partial charge in [0.1, 0.15) is 0 Å². The number of halogens is 2. The first kappa shape index (κ1) is 14.2. The molecule has 2 nitrogen and oxygen atoms in total. The third-order valence-electron chi connectivity index (χ3n) is 5.93. The molecule has 0 heterocycles. The van der Waals surface area contributed by atoms with Crippen molar-refractivity contribution < 1.29 is 9.47 Å². The normalized spacial score (nSPS) is 37.2. The molecule has 1 aromatic carbocycles. The van der Waals surface area contributed by atoms with E-state index in [0.717, 1.165) is 45.2 Å². The van der Waals surface area contributed by atoms with Crippen molar-refractivity contribution in [3.05, 3.63) is 22.2 Å². The molecule has 3 aliphatic carbocycles. The summed E-state index contributed by atoms with van der Waals surface area (Å²) in [6.45, 7) is 0. The lowest BCUT2D eigenvalue weighted by molar-refractivity contribution is 0.354. The second kappa shape index (κ2) is 5.06. The van der Waals surface area contributed by atoms with Crippen LogP contribution in [0, 0.1) is 29.6 Å². The average Bonchev–Trinajstić information content (AvgIpc) is 2.93. The van der Waals surface area contributed by atoms with Gasteiger partial charge in [-0.15, -0.1) is 11.6 Å². The number of rotatable bonds is 4.